The average Bonchev–Trinajstić information content (AvgIpc) is 2.60. The number of aldehydes is 1. The van der Waals surface area contributed by atoms with Gasteiger partial charge in [0.1, 0.15) is 0 Å². The number of anilines is 1. The highest BCUT2D eigenvalue weighted by Gasteiger charge is 2.09. The molecule has 0 saturated heterocycles. The third-order valence-corrected chi connectivity index (χ3v) is 3.21. The Morgan fingerprint density at radius 3 is 2.93 bits per heavy atom. The van der Waals surface area contributed by atoms with Gasteiger partial charge in [0.05, 0.1) is 12.3 Å². The van der Waals surface area contributed by atoms with E-state index in [4.69, 9.17) is 10.8 Å². The lowest BCUT2D eigenvalue weighted by molar-refractivity contribution is 0.112. The van der Waals surface area contributed by atoms with Crippen molar-refractivity contribution in [3.8, 4) is 0 Å². The molecule has 3 nitrogen and oxygen atoms in total. The second-order valence-electron chi connectivity index (χ2n) is 2.99. The van der Waals surface area contributed by atoms with Gasteiger partial charge in [-0.2, -0.15) is 0 Å². The molecule has 0 atom stereocenters. The lowest BCUT2D eigenvalue weighted by Crippen LogP contribution is -1.90. The minimum Gasteiger partial charge on any atom is -0.398 e. The first-order chi connectivity index (χ1) is 6.77. The molecule has 0 bridgehead atoms. The smallest absolute Gasteiger partial charge is 0.151 e. The third-order valence-electron chi connectivity index (χ3n) is 2.16. The molecule has 2 aromatic rings. The van der Waals surface area contributed by atoms with Crippen LogP contribution in [0.5, 0.6) is 0 Å². The minimum atomic E-state index is -0.0590. The highest BCUT2D eigenvalue weighted by Crippen LogP contribution is 2.33. The van der Waals surface area contributed by atoms with Gasteiger partial charge in [-0.25, -0.2) is 0 Å². The van der Waals surface area contributed by atoms with Crippen LogP contribution < -0.4 is 5.73 Å². The van der Waals surface area contributed by atoms with Crippen molar-refractivity contribution in [3.05, 3.63) is 28.6 Å². The summed E-state index contributed by atoms with van der Waals surface area (Å²) in [4.78, 5) is 10.7. The number of aliphatic hydroxyl groups excluding tert-OH is 1. The number of carbonyl (C=O) groups is 1. The Kier molecular flexibility index (Phi) is 2.23. The molecule has 14 heavy (non-hydrogen) atoms. The molecule has 4 heteroatoms. The highest BCUT2D eigenvalue weighted by atomic mass is 32.1. The van der Waals surface area contributed by atoms with Gasteiger partial charge < -0.3 is 10.8 Å². The molecule has 0 spiro atoms. The van der Waals surface area contributed by atoms with E-state index in [1.807, 2.05) is 0 Å². The van der Waals surface area contributed by atoms with Crippen molar-refractivity contribution in [2.45, 2.75) is 6.61 Å². The standard InChI is InChI=1S/C10H9NO2S/c11-8-5-14-10-7(4-13)2-1-6(3-12)9(8)10/h1-2,4-5,12H,3,11H2. The largest absolute Gasteiger partial charge is 0.398 e. The molecule has 0 aliphatic heterocycles. The van der Waals surface area contributed by atoms with Gasteiger partial charge in [-0.15, -0.1) is 11.3 Å². The van der Waals surface area contributed by atoms with Gasteiger partial charge in [0.15, 0.2) is 6.29 Å². The fourth-order valence-corrected chi connectivity index (χ4v) is 2.47. The lowest BCUT2D eigenvalue weighted by atomic mass is 10.1. The van der Waals surface area contributed by atoms with E-state index >= 15 is 0 Å². The van der Waals surface area contributed by atoms with Crippen LogP contribution in [0.25, 0.3) is 10.1 Å². The third kappa shape index (κ3) is 1.20. The quantitative estimate of drug-likeness (QED) is 0.738. The van der Waals surface area contributed by atoms with Gasteiger partial charge >= 0.3 is 0 Å². The summed E-state index contributed by atoms with van der Waals surface area (Å²) in [6.45, 7) is -0.0590. The van der Waals surface area contributed by atoms with E-state index in [-0.39, 0.29) is 6.61 Å². The maximum absolute atomic E-state index is 10.7. The Balaban J connectivity index is 2.87. The van der Waals surface area contributed by atoms with Crippen LogP contribution in [0.4, 0.5) is 5.69 Å². The summed E-state index contributed by atoms with van der Waals surface area (Å²) < 4.78 is 0.851. The number of rotatable bonds is 2. The molecule has 1 heterocycles. The van der Waals surface area contributed by atoms with Crippen LogP contribution in [0.15, 0.2) is 17.5 Å². The van der Waals surface area contributed by atoms with Gasteiger partial charge in [0.2, 0.25) is 0 Å². The SMILES string of the molecule is Nc1csc2c(C=O)ccc(CO)c12. The molecule has 0 aliphatic carbocycles. The Morgan fingerprint density at radius 1 is 1.50 bits per heavy atom. The summed E-state index contributed by atoms with van der Waals surface area (Å²) in [5.41, 5.74) is 7.77. The molecule has 0 radical (unpaired) electrons. The lowest BCUT2D eigenvalue weighted by Gasteiger charge is -2.01. The first-order valence-electron chi connectivity index (χ1n) is 4.12. The average molecular weight is 207 g/mol. The van der Waals surface area contributed by atoms with Crippen LogP contribution in [0.3, 0.4) is 0 Å². The van der Waals surface area contributed by atoms with Crippen LogP contribution >= 0.6 is 11.3 Å². The number of carbonyl (C=O) groups excluding carboxylic acids is 1. The Morgan fingerprint density at radius 2 is 2.29 bits per heavy atom. The number of benzene rings is 1. The summed E-state index contributed by atoms with van der Waals surface area (Å²) in [6.07, 6.45) is 0.805. The van der Waals surface area contributed by atoms with Crippen molar-refractivity contribution in [3.63, 3.8) is 0 Å². The van der Waals surface area contributed by atoms with Crippen LogP contribution in [0.1, 0.15) is 15.9 Å². The molecule has 72 valence electrons. The molecular weight excluding hydrogens is 198 g/mol. The van der Waals surface area contributed by atoms with Crippen molar-refractivity contribution >= 4 is 33.4 Å². The fourth-order valence-electron chi connectivity index (χ4n) is 1.49. The predicted octanol–water partition coefficient (Wildman–Crippen LogP) is 1.79. The molecule has 0 unspecified atom stereocenters. The van der Waals surface area contributed by atoms with Gasteiger partial charge in [-0.05, 0) is 11.6 Å². The van der Waals surface area contributed by atoms with E-state index in [9.17, 15) is 4.79 Å². The number of hydrogen-bond acceptors (Lipinski definition) is 4. The van der Waals surface area contributed by atoms with E-state index in [0.29, 0.717) is 11.3 Å². The molecule has 1 aromatic heterocycles. The molecule has 0 fully saturated rings. The van der Waals surface area contributed by atoms with Crippen molar-refractivity contribution in [1.29, 1.82) is 0 Å². The second kappa shape index (κ2) is 3.40. The van der Waals surface area contributed by atoms with Gasteiger partial charge in [0, 0.05) is 21.0 Å². The topological polar surface area (TPSA) is 63.3 Å². The molecular formula is C10H9NO2S. The Hall–Kier alpha value is -1.39. The summed E-state index contributed by atoms with van der Waals surface area (Å²) in [5.74, 6) is 0. The molecule has 0 saturated carbocycles. The number of aliphatic hydroxyl groups is 1. The van der Waals surface area contributed by atoms with Crippen molar-refractivity contribution in [1.82, 2.24) is 0 Å². The molecule has 2 rings (SSSR count). The number of nitrogen functional groups attached to an aromatic ring is 1. The maximum atomic E-state index is 10.7. The summed E-state index contributed by atoms with van der Waals surface area (Å²) in [5, 5.41) is 11.7. The normalized spacial score (nSPS) is 10.6. The van der Waals surface area contributed by atoms with E-state index in [1.165, 1.54) is 11.3 Å². The summed E-state index contributed by atoms with van der Waals surface area (Å²) >= 11 is 1.43. The van der Waals surface area contributed by atoms with Gasteiger partial charge in [-0.3, -0.25) is 4.79 Å². The zero-order valence-electron chi connectivity index (χ0n) is 7.36. The van der Waals surface area contributed by atoms with Crippen molar-refractivity contribution in [2.24, 2.45) is 0 Å². The van der Waals surface area contributed by atoms with Crippen molar-refractivity contribution < 1.29 is 9.90 Å². The van der Waals surface area contributed by atoms with Gasteiger partial charge in [0.25, 0.3) is 0 Å². The van der Waals surface area contributed by atoms with E-state index in [2.05, 4.69) is 0 Å². The van der Waals surface area contributed by atoms with E-state index in [0.717, 1.165) is 21.9 Å². The maximum Gasteiger partial charge on any atom is 0.151 e. The number of nitrogens with two attached hydrogens (primary N) is 1. The second-order valence-corrected chi connectivity index (χ2v) is 3.86. The van der Waals surface area contributed by atoms with Crippen LogP contribution in [-0.2, 0) is 6.61 Å². The Bertz CT molecular complexity index is 490. The highest BCUT2D eigenvalue weighted by molar-refractivity contribution is 7.18. The zero-order chi connectivity index (χ0) is 10.1. The minimum absolute atomic E-state index is 0.0590. The Labute approximate surface area is 84.8 Å². The van der Waals surface area contributed by atoms with Gasteiger partial charge in [-0.1, -0.05) is 6.07 Å². The first-order valence-corrected chi connectivity index (χ1v) is 5.00. The molecule has 0 amide bonds. The first kappa shape index (κ1) is 9.18. The predicted molar refractivity (Wildman–Crippen MR) is 57.5 cm³/mol. The number of fused-ring (bicyclic) bond motifs is 1. The zero-order valence-corrected chi connectivity index (χ0v) is 8.17. The fraction of sp³-hybridized carbons (Fsp3) is 0.100. The van der Waals surface area contributed by atoms with Crippen molar-refractivity contribution in [2.75, 3.05) is 5.73 Å². The summed E-state index contributed by atoms with van der Waals surface area (Å²) in [6, 6.07) is 3.44. The molecule has 3 N–H and O–H groups in total. The molecule has 1 aromatic carbocycles. The molecule has 0 aliphatic rings. The monoisotopic (exact) mass is 207 g/mol. The van der Waals surface area contributed by atoms with Crippen LogP contribution in [0, 0.1) is 0 Å². The number of thiophene rings is 1. The van der Waals surface area contributed by atoms with E-state index in [1.54, 1.807) is 17.5 Å². The van der Waals surface area contributed by atoms with Crippen LogP contribution in [0.2, 0.25) is 0 Å². The van der Waals surface area contributed by atoms with E-state index < -0.39 is 0 Å². The van der Waals surface area contributed by atoms with Crippen LogP contribution in [-0.4, -0.2) is 11.4 Å². The summed E-state index contributed by atoms with van der Waals surface area (Å²) in [7, 11) is 0. The number of hydrogen-bond donors (Lipinski definition) is 2.